The van der Waals surface area contributed by atoms with Gasteiger partial charge in [-0.15, -0.1) is 17.5 Å². The SMILES string of the molecule is CCNC(=O)Nc1cccc(NC(=O)c2cn(C3CCNCC3)nn2)c1.Cl. The van der Waals surface area contributed by atoms with Crippen LogP contribution in [0.15, 0.2) is 30.5 Å². The monoisotopic (exact) mass is 393 g/mol. The summed E-state index contributed by atoms with van der Waals surface area (Å²) in [5.74, 6) is -0.333. The number of hydrogen-bond donors (Lipinski definition) is 4. The summed E-state index contributed by atoms with van der Waals surface area (Å²) in [6, 6.07) is 6.92. The number of hydrogen-bond acceptors (Lipinski definition) is 5. The number of anilines is 2. The summed E-state index contributed by atoms with van der Waals surface area (Å²) >= 11 is 0. The van der Waals surface area contributed by atoms with E-state index in [1.165, 1.54) is 0 Å². The normalized spacial score (nSPS) is 14.1. The van der Waals surface area contributed by atoms with Gasteiger partial charge in [0.15, 0.2) is 5.69 Å². The summed E-state index contributed by atoms with van der Waals surface area (Å²) in [6.07, 6.45) is 3.62. The number of rotatable bonds is 5. The van der Waals surface area contributed by atoms with E-state index in [-0.39, 0.29) is 36.1 Å². The maximum atomic E-state index is 12.4. The number of nitrogens with zero attached hydrogens (tertiary/aromatic N) is 3. The molecule has 0 aliphatic carbocycles. The second-order valence-corrected chi connectivity index (χ2v) is 6.08. The van der Waals surface area contributed by atoms with Crippen LogP contribution in [0.4, 0.5) is 16.2 Å². The number of amides is 3. The fourth-order valence-corrected chi connectivity index (χ4v) is 2.84. The van der Waals surface area contributed by atoms with Crippen LogP contribution < -0.4 is 21.3 Å². The zero-order valence-electron chi connectivity index (χ0n) is 15.1. The van der Waals surface area contributed by atoms with Crippen molar-refractivity contribution in [3.8, 4) is 0 Å². The van der Waals surface area contributed by atoms with E-state index in [2.05, 4.69) is 31.6 Å². The van der Waals surface area contributed by atoms with Gasteiger partial charge in [0.25, 0.3) is 5.91 Å². The van der Waals surface area contributed by atoms with Gasteiger partial charge < -0.3 is 21.3 Å². The molecule has 1 aromatic carbocycles. The van der Waals surface area contributed by atoms with Gasteiger partial charge in [-0.2, -0.15) is 0 Å². The lowest BCUT2D eigenvalue weighted by molar-refractivity contribution is 0.102. The fourth-order valence-electron chi connectivity index (χ4n) is 2.84. The Hall–Kier alpha value is -2.65. The molecule has 0 radical (unpaired) electrons. The largest absolute Gasteiger partial charge is 0.338 e. The summed E-state index contributed by atoms with van der Waals surface area (Å²) in [5.41, 5.74) is 1.43. The smallest absolute Gasteiger partial charge is 0.319 e. The van der Waals surface area contributed by atoms with Crippen molar-refractivity contribution in [2.45, 2.75) is 25.8 Å². The Bertz CT molecular complexity index is 774. The van der Waals surface area contributed by atoms with Crippen molar-refractivity contribution in [3.05, 3.63) is 36.2 Å². The van der Waals surface area contributed by atoms with Gasteiger partial charge in [0.05, 0.1) is 12.2 Å². The quantitative estimate of drug-likeness (QED) is 0.620. The molecular formula is C17H24ClN7O2. The standard InChI is InChI=1S/C17H23N7O2.ClH/c1-2-19-17(26)21-13-5-3-4-12(10-13)20-16(25)15-11-24(23-22-15)14-6-8-18-9-7-14;/h3-5,10-11,14,18H,2,6-9H2,1H3,(H,20,25)(H2,19,21,26);1H. The van der Waals surface area contributed by atoms with Gasteiger partial charge in [-0.3, -0.25) is 4.79 Å². The average Bonchev–Trinajstić information content (AvgIpc) is 3.13. The second-order valence-electron chi connectivity index (χ2n) is 6.08. The van der Waals surface area contributed by atoms with Gasteiger partial charge in [0.1, 0.15) is 0 Å². The highest BCUT2D eigenvalue weighted by Crippen LogP contribution is 2.18. The molecule has 2 aromatic rings. The van der Waals surface area contributed by atoms with Crippen LogP contribution in [-0.4, -0.2) is 46.6 Å². The van der Waals surface area contributed by atoms with Crippen LogP contribution in [0, 0.1) is 0 Å². The Morgan fingerprint density at radius 1 is 1.22 bits per heavy atom. The van der Waals surface area contributed by atoms with Crippen LogP contribution in [0.2, 0.25) is 0 Å². The molecule has 4 N–H and O–H groups in total. The van der Waals surface area contributed by atoms with Crippen LogP contribution in [-0.2, 0) is 0 Å². The van der Waals surface area contributed by atoms with Crippen molar-refractivity contribution in [2.75, 3.05) is 30.3 Å². The second kappa shape index (κ2) is 9.89. The van der Waals surface area contributed by atoms with Gasteiger partial charge in [0, 0.05) is 17.9 Å². The number of nitrogens with one attached hydrogen (secondary N) is 4. The van der Waals surface area contributed by atoms with Crippen LogP contribution in [0.25, 0.3) is 0 Å². The molecule has 0 spiro atoms. The molecule has 3 rings (SSSR count). The van der Waals surface area contributed by atoms with Gasteiger partial charge in [-0.25, -0.2) is 9.48 Å². The van der Waals surface area contributed by atoms with Gasteiger partial charge in [0.2, 0.25) is 0 Å². The molecule has 1 aliphatic heterocycles. The third-order valence-electron chi connectivity index (χ3n) is 4.14. The highest BCUT2D eigenvalue weighted by molar-refractivity contribution is 6.03. The molecule has 1 saturated heterocycles. The molecule has 0 atom stereocenters. The van der Waals surface area contributed by atoms with Gasteiger partial charge in [-0.1, -0.05) is 11.3 Å². The molecule has 146 valence electrons. The zero-order valence-corrected chi connectivity index (χ0v) is 15.9. The van der Waals surface area contributed by atoms with E-state index >= 15 is 0 Å². The predicted molar refractivity (Wildman–Crippen MR) is 106 cm³/mol. The lowest BCUT2D eigenvalue weighted by atomic mass is 10.1. The van der Waals surface area contributed by atoms with Gasteiger partial charge >= 0.3 is 6.03 Å². The van der Waals surface area contributed by atoms with E-state index in [4.69, 9.17) is 0 Å². The zero-order chi connectivity index (χ0) is 18.4. The van der Waals surface area contributed by atoms with Crippen molar-refractivity contribution >= 4 is 35.7 Å². The maximum Gasteiger partial charge on any atom is 0.319 e. The van der Waals surface area contributed by atoms with E-state index in [0.717, 1.165) is 25.9 Å². The summed E-state index contributed by atoms with van der Waals surface area (Å²) in [6.45, 7) is 4.26. The Morgan fingerprint density at radius 3 is 2.63 bits per heavy atom. The number of carbonyl (C=O) groups excluding carboxylic acids is 2. The Labute approximate surface area is 163 Å². The van der Waals surface area contributed by atoms with Crippen molar-refractivity contribution < 1.29 is 9.59 Å². The number of carbonyl (C=O) groups is 2. The highest BCUT2D eigenvalue weighted by Gasteiger charge is 2.18. The van der Waals surface area contributed by atoms with E-state index in [1.807, 2.05) is 6.92 Å². The molecule has 2 heterocycles. The number of urea groups is 1. The molecule has 27 heavy (non-hydrogen) atoms. The molecule has 10 heteroatoms. The summed E-state index contributed by atoms with van der Waals surface area (Å²) in [4.78, 5) is 24.0. The van der Waals surface area contributed by atoms with Crippen LogP contribution in [0.3, 0.4) is 0 Å². The van der Waals surface area contributed by atoms with Crippen molar-refractivity contribution in [2.24, 2.45) is 0 Å². The minimum atomic E-state index is -0.333. The lowest BCUT2D eigenvalue weighted by Crippen LogP contribution is -2.29. The minimum absolute atomic E-state index is 0. The molecule has 0 saturated carbocycles. The van der Waals surface area contributed by atoms with E-state index in [1.54, 1.807) is 35.1 Å². The molecule has 9 nitrogen and oxygen atoms in total. The van der Waals surface area contributed by atoms with Crippen LogP contribution in [0.1, 0.15) is 36.3 Å². The first kappa shape index (κ1) is 20.7. The molecule has 1 aliphatic rings. The van der Waals surface area contributed by atoms with Crippen molar-refractivity contribution in [3.63, 3.8) is 0 Å². The first-order valence-electron chi connectivity index (χ1n) is 8.74. The molecule has 3 amide bonds. The van der Waals surface area contributed by atoms with E-state index in [9.17, 15) is 9.59 Å². The highest BCUT2D eigenvalue weighted by atomic mass is 35.5. The van der Waals surface area contributed by atoms with Crippen LogP contribution in [0.5, 0.6) is 0 Å². The third-order valence-corrected chi connectivity index (χ3v) is 4.14. The Kier molecular flexibility index (Phi) is 7.56. The molecule has 1 aromatic heterocycles. The Balaban J connectivity index is 0.00000261. The molecule has 0 unspecified atom stereocenters. The first-order valence-corrected chi connectivity index (χ1v) is 8.74. The van der Waals surface area contributed by atoms with Crippen molar-refractivity contribution in [1.82, 2.24) is 25.6 Å². The van der Waals surface area contributed by atoms with E-state index < -0.39 is 0 Å². The number of piperidine rings is 1. The van der Waals surface area contributed by atoms with Crippen LogP contribution >= 0.6 is 12.4 Å². The molecule has 1 fully saturated rings. The lowest BCUT2D eigenvalue weighted by Gasteiger charge is -2.22. The average molecular weight is 394 g/mol. The van der Waals surface area contributed by atoms with Gasteiger partial charge in [-0.05, 0) is 51.1 Å². The summed E-state index contributed by atoms with van der Waals surface area (Å²) in [5, 5.41) is 19.5. The number of benzene rings is 1. The summed E-state index contributed by atoms with van der Waals surface area (Å²) in [7, 11) is 0. The van der Waals surface area contributed by atoms with Crippen molar-refractivity contribution in [1.29, 1.82) is 0 Å². The fraction of sp³-hybridized carbons (Fsp3) is 0.412. The Morgan fingerprint density at radius 2 is 1.93 bits per heavy atom. The number of halogens is 1. The minimum Gasteiger partial charge on any atom is -0.338 e. The maximum absolute atomic E-state index is 12.4. The third kappa shape index (κ3) is 5.66. The summed E-state index contributed by atoms with van der Waals surface area (Å²) < 4.78 is 1.77. The molecular weight excluding hydrogens is 370 g/mol. The molecule has 0 bridgehead atoms. The first-order chi connectivity index (χ1) is 12.7. The topological polar surface area (TPSA) is 113 Å². The van der Waals surface area contributed by atoms with E-state index in [0.29, 0.717) is 17.9 Å². The number of aromatic nitrogens is 3. The predicted octanol–water partition coefficient (Wildman–Crippen LogP) is 2.02.